The van der Waals surface area contributed by atoms with E-state index in [4.69, 9.17) is 14.2 Å². The van der Waals surface area contributed by atoms with Crippen LogP contribution in [0.15, 0.2) is 54.6 Å². The monoisotopic (exact) mass is 475 g/mol. The Morgan fingerprint density at radius 1 is 0.914 bits per heavy atom. The summed E-state index contributed by atoms with van der Waals surface area (Å²) in [7, 11) is 0. The number of amides is 1. The van der Waals surface area contributed by atoms with Gasteiger partial charge in [-0.15, -0.1) is 0 Å². The van der Waals surface area contributed by atoms with Crippen molar-refractivity contribution in [2.45, 2.75) is 6.92 Å². The van der Waals surface area contributed by atoms with Crippen LogP contribution in [0.25, 0.3) is 10.8 Å². The molecule has 0 saturated carbocycles. The van der Waals surface area contributed by atoms with Crippen molar-refractivity contribution in [1.82, 2.24) is 4.90 Å². The number of hydrogen-bond acceptors (Lipinski definition) is 6. The van der Waals surface area contributed by atoms with E-state index in [1.54, 1.807) is 0 Å². The van der Waals surface area contributed by atoms with Crippen LogP contribution in [0.3, 0.4) is 0 Å². The van der Waals surface area contributed by atoms with Gasteiger partial charge in [-0.3, -0.25) is 9.69 Å². The summed E-state index contributed by atoms with van der Waals surface area (Å²) in [5.41, 5.74) is 3.47. The number of morpholine rings is 2. The molecule has 3 aromatic carbocycles. The van der Waals surface area contributed by atoms with Gasteiger partial charge in [-0.1, -0.05) is 30.3 Å². The average molecular weight is 476 g/mol. The number of fused-ring (bicyclic) bond motifs is 1. The van der Waals surface area contributed by atoms with Crippen LogP contribution in [0.2, 0.25) is 0 Å². The molecule has 2 heterocycles. The van der Waals surface area contributed by atoms with E-state index in [0.29, 0.717) is 25.4 Å². The Bertz CT molecular complexity index is 1170. The lowest BCUT2D eigenvalue weighted by molar-refractivity contribution is 0.0323. The van der Waals surface area contributed by atoms with Gasteiger partial charge in [0.05, 0.1) is 26.4 Å². The number of benzene rings is 3. The molecule has 5 rings (SSSR count). The van der Waals surface area contributed by atoms with Crippen molar-refractivity contribution in [2.24, 2.45) is 0 Å². The molecule has 0 radical (unpaired) electrons. The number of hydrogen-bond donors (Lipinski definition) is 1. The van der Waals surface area contributed by atoms with E-state index in [2.05, 4.69) is 21.2 Å². The molecular formula is C28H33N3O4. The second-order valence-corrected chi connectivity index (χ2v) is 9.01. The highest BCUT2D eigenvalue weighted by Crippen LogP contribution is 2.32. The molecule has 7 heteroatoms. The largest absolute Gasteiger partial charge is 0.492 e. The molecule has 2 aliphatic rings. The predicted octanol–water partition coefficient (Wildman–Crippen LogP) is 3.95. The Labute approximate surface area is 206 Å². The molecule has 35 heavy (non-hydrogen) atoms. The number of nitrogens with zero attached hydrogens (tertiary/aromatic N) is 2. The van der Waals surface area contributed by atoms with Crippen LogP contribution < -0.4 is 15.0 Å². The third-order valence-electron chi connectivity index (χ3n) is 6.74. The zero-order chi connectivity index (χ0) is 24.0. The molecule has 2 aliphatic heterocycles. The van der Waals surface area contributed by atoms with Crippen LogP contribution in [-0.4, -0.2) is 76.6 Å². The van der Waals surface area contributed by atoms with Gasteiger partial charge in [0.25, 0.3) is 5.91 Å². The highest BCUT2D eigenvalue weighted by Gasteiger charge is 2.17. The lowest BCUT2D eigenvalue weighted by Crippen LogP contribution is -2.38. The maximum atomic E-state index is 13.3. The molecule has 0 atom stereocenters. The van der Waals surface area contributed by atoms with Gasteiger partial charge >= 0.3 is 0 Å². The fraction of sp³-hybridized carbons (Fsp3) is 0.393. The standard InChI is InChI=1S/C28H33N3O4/c1-21-6-7-22(31-13-17-34-18-14-31)20-25(21)28(32)29-26-8-9-27(24-5-3-2-4-23(24)26)35-19-12-30-10-15-33-16-11-30/h2-9,20H,10-19H2,1H3,(H,29,32). The molecule has 184 valence electrons. The summed E-state index contributed by atoms with van der Waals surface area (Å²) in [5.74, 6) is 0.723. The first kappa shape index (κ1) is 23.6. The van der Waals surface area contributed by atoms with Gasteiger partial charge in [0.1, 0.15) is 12.4 Å². The number of anilines is 2. The van der Waals surface area contributed by atoms with Crippen molar-refractivity contribution in [3.63, 3.8) is 0 Å². The molecule has 0 aromatic heterocycles. The Kier molecular flexibility index (Phi) is 7.47. The number of nitrogens with one attached hydrogen (secondary N) is 1. The maximum absolute atomic E-state index is 13.3. The molecule has 0 unspecified atom stereocenters. The van der Waals surface area contributed by atoms with Gasteiger partial charge in [-0.05, 0) is 36.8 Å². The molecule has 0 aliphatic carbocycles. The number of carbonyl (C=O) groups is 1. The van der Waals surface area contributed by atoms with Gasteiger partial charge in [-0.25, -0.2) is 0 Å². The summed E-state index contributed by atoms with van der Waals surface area (Å²) in [6, 6.07) is 18.0. The fourth-order valence-corrected chi connectivity index (χ4v) is 4.68. The third kappa shape index (κ3) is 5.59. The van der Waals surface area contributed by atoms with Crippen molar-refractivity contribution in [3.8, 4) is 5.75 Å². The van der Waals surface area contributed by atoms with E-state index >= 15 is 0 Å². The molecule has 1 N–H and O–H groups in total. The van der Waals surface area contributed by atoms with E-state index in [0.717, 1.165) is 79.4 Å². The van der Waals surface area contributed by atoms with Crippen LogP contribution in [0, 0.1) is 6.92 Å². The van der Waals surface area contributed by atoms with Crippen LogP contribution >= 0.6 is 0 Å². The van der Waals surface area contributed by atoms with Crippen molar-refractivity contribution in [2.75, 3.05) is 76.0 Å². The SMILES string of the molecule is Cc1ccc(N2CCOCC2)cc1C(=O)Nc1ccc(OCCN2CCOCC2)c2ccccc12. The van der Waals surface area contributed by atoms with Gasteiger partial charge < -0.3 is 24.4 Å². The van der Waals surface area contributed by atoms with Gasteiger partial charge in [0.2, 0.25) is 0 Å². The maximum Gasteiger partial charge on any atom is 0.256 e. The lowest BCUT2D eigenvalue weighted by atomic mass is 10.0. The Balaban J connectivity index is 1.32. The van der Waals surface area contributed by atoms with Gasteiger partial charge in [-0.2, -0.15) is 0 Å². The van der Waals surface area contributed by atoms with Crippen LogP contribution in [0.1, 0.15) is 15.9 Å². The minimum Gasteiger partial charge on any atom is -0.492 e. The Morgan fingerprint density at radius 3 is 2.40 bits per heavy atom. The van der Waals surface area contributed by atoms with Crippen LogP contribution in [-0.2, 0) is 9.47 Å². The lowest BCUT2D eigenvalue weighted by Gasteiger charge is -2.29. The predicted molar refractivity (Wildman–Crippen MR) is 139 cm³/mol. The highest BCUT2D eigenvalue weighted by molar-refractivity contribution is 6.11. The molecule has 2 fully saturated rings. The summed E-state index contributed by atoms with van der Waals surface area (Å²) < 4.78 is 17.0. The van der Waals surface area contributed by atoms with E-state index in [1.807, 2.05) is 55.5 Å². The smallest absolute Gasteiger partial charge is 0.256 e. The fourth-order valence-electron chi connectivity index (χ4n) is 4.68. The van der Waals surface area contributed by atoms with Crippen LogP contribution in [0.5, 0.6) is 5.75 Å². The van der Waals surface area contributed by atoms with Crippen molar-refractivity contribution in [3.05, 3.63) is 65.7 Å². The van der Waals surface area contributed by atoms with Crippen molar-refractivity contribution in [1.29, 1.82) is 0 Å². The van der Waals surface area contributed by atoms with Crippen molar-refractivity contribution >= 4 is 28.1 Å². The quantitative estimate of drug-likeness (QED) is 0.558. The minimum atomic E-state index is -0.108. The van der Waals surface area contributed by atoms with E-state index in [-0.39, 0.29) is 5.91 Å². The zero-order valence-electron chi connectivity index (χ0n) is 20.3. The number of ether oxygens (including phenoxy) is 3. The Morgan fingerprint density at radius 2 is 1.63 bits per heavy atom. The summed E-state index contributed by atoms with van der Waals surface area (Å²) in [6.07, 6.45) is 0. The van der Waals surface area contributed by atoms with Gasteiger partial charge in [0, 0.05) is 60.4 Å². The summed E-state index contributed by atoms with van der Waals surface area (Å²) >= 11 is 0. The van der Waals surface area contributed by atoms with Crippen molar-refractivity contribution < 1.29 is 19.0 Å². The molecule has 0 spiro atoms. The molecule has 3 aromatic rings. The molecular weight excluding hydrogens is 442 g/mol. The summed E-state index contributed by atoms with van der Waals surface area (Å²) in [6.45, 7) is 10.0. The average Bonchev–Trinajstić information content (AvgIpc) is 2.91. The molecule has 7 nitrogen and oxygen atoms in total. The number of aryl methyl sites for hydroxylation is 1. The van der Waals surface area contributed by atoms with Gasteiger partial charge in [0.15, 0.2) is 0 Å². The minimum absolute atomic E-state index is 0.108. The molecule has 1 amide bonds. The topological polar surface area (TPSA) is 63.3 Å². The first-order valence-corrected chi connectivity index (χ1v) is 12.4. The zero-order valence-corrected chi connectivity index (χ0v) is 20.3. The number of rotatable bonds is 7. The first-order valence-electron chi connectivity index (χ1n) is 12.4. The highest BCUT2D eigenvalue weighted by atomic mass is 16.5. The summed E-state index contributed by atoms with van der Waals surface area (Å²) in [4.78, 5) is 18.0. The Hall–Kier alpha value is -3.13. The molecule has 2 saturated heterocycles. The van der Waals surface area contributed by atoms with Crippen LogP contribution in [0.4, 0.5) is 11.4 Å². The third-order valence-corrected chi connectivity index (χ3v) is 6.74. The van der Waals surface area contributed by atoms with E-state index in [1.165, 1.54) is 0 Å². The van der Waals surface area contributed by atoms with E-state index in [9.17, 15) is 4.79 Å². The second kappa shape index (κ2) is 11.1. The van der Waals surface area contributed by atoms with E-state index < -0.39 is 0 Å². The second-order valence-electron chi connectivity index (χ2n) is 9.01. The normalized spacial score (nSPS) is 16.9. The first-order chi connectivity index (χ1) is 17.2. The number of carbonyl (C=O) groups excluding carboxylic acids is 1. The summed E-state index contributed by atoms with van der Waals surface area (Å²) in [5, 5.41) is 5.10. The molecule has 0 bridgehead atoms.